The number of carbonyl (C=O) groups excluding carboxylic acids is 1. The number of unbranched alkanes of at least 4 members (excludes halogenated alkanes) is 1. The largest absolute Gasteiger partial charge is 0.469 e. The van der Waals surface area contributed by atoms with Crippen LogP contribution in [-0.2, 0) is 23.4 Å². The second-order valence-electron chi connectivity index (χ2n) is 11.6. The highest BCUT2D eigenvalue weighted by Gasteiger charge is 2.48. The Morgan fingerprint density at radius 2 is 2.00 bits per heavy atom. The highest BCUT2D eigenvalue weighted by atomic mass is 28.4. The predicted molar refractivity (Wildman–Crippen MR) is 130 cm³/mol. The van der Waals surface area contributed by atoms with Gasteiger partial charge in [0.25, 0.3) is 0 Å². The minimum Gasteiger partial charge on any atom is -0.469 e. The van der Waals surface area contributed by atoms with E-state index in [-0.39, 0.29) is 23.4 Å². The minimum atomic E-state index is -1.80. The van der Waals surface area contributed by atoms with Gasteiger partial charge in [-0.15, -0.1) is 0 Å². The number of esters is 1. The number of hydrogen-bond donors (Lipinski definition) is 0. The van der Waals surface area contributed by atoms with Gasteiger partial charge in [0.15, 0.2) is 14.6 Å². The zero-order chi connectivity index (χ0) is 23.4. The Kier molecular flexibility index (Phi) is 9.04. The van der Waals surface area contributed by atoms with E-state index in [1.54, 1.807) is 5.57 Å². The maximum absolute atomic E-state index is 11.4. The average Bonchev–Trinajstić information content (AvgIpc) is 3.26. The van der Waals surface area contributed by atoms with Crippen LogP contribution in [0.5, 0.6) is 0 Å². The lowest BCUT2D eigenvalue weighted by molar-refractivity contribution is -0.197. The summed E-state index contributed by atoms with van der Waals surface area (Å²) in [5.74, 6) is 1.54. The van der Waals surface area contributed by atoms with E-state index >= 15 is 0 Å². The van der Waals surface area contributed by atoms with Gasteiger partial charge in [0.05, 0.1) is 13.2 Å². The van der Waals surface area contributed by atoms with Crippen molar-refractivity contribution in [1.29, 1.82) is 0 Å². The quantitative estimate of drug-likeness (QED) is 0.165. The Hall–Kier alpha value is -0.693. The third-order valence-electron chi connectivity index (χ3n) is 8.29. The van der Waals surface area contributed by atoms with Crippen molar-refractivity contribution >= 4 is 14.3 Å². The van der Waals surface area contributed by atoms with Gasteiger partial charge < -0.3 is 18.6 Å². The van der Waals surface area contributed by atoms with E-state index in [1.807, 2.05) is 0 Å². The van der Waals surface area contributed by atoms with Gasteiger partial charge in [0.1, 0.15) is 0 Å². The lowest BCUT2D eigenvalue weighted by atomic mass is 9.89. The molecule has 5 nitrogen and oxygen atoms in total. The van der Waals surface area contributed by atoms with Gasteiger partial charge in [-0.1, -0.05) is 32.4 Å². The number of allylic oxidation sites excluding steroid dienone is 2. The first-order valence-electron chi connectivity index (χ1n) is 12.8. The van der Waals surface area contributed by atoms with Gasteiger partial charge >= 0.3 is 5.97 Å². The summed E-state index contributed by atoms with van der Waals surface area (Å²) in [6.07, 6.45) is 11.9. The molecular weight excluding hydrogens is 420 g/mol. The van der Waals surface area contributed by atoms with Crippen LogP contribution >= 0.6 is 0 Å². The molecule has 3 rings (SSSR count). The molecule has 0 amide bonds. The van der Waals surface area contributed by atoms with Crippen molar-refractivity contribution in [2.75, 3.05) is 20.3 Å². The Bertz CT molecular complexity index is 647. The van der Waals surface area contributed by atoms with Crippen LogP contribution in [0, 0.1) is 17.8 Å². The van der Waals surface area contributed by atoms with Gasteiger partial charge in [0.2, 0.25) is 0 Å². The lowest BCUT2D eigenvalue weighted by Gasteiger charge is -2.38. The highest BCUT2D eigenvalue weighted by Crippen LogP contribution is 2.50. The average molecular weight is 467 g/mol. The molecule has 0 spiro atoms. The van der Waals surface area contributed by atoms with Crippen LogP contribution in [0.4, 0.5) is 0 Å². The van der Waals surface area contributed by atoms with Crippen LogP contribution in [0.25, 0.3) is 0 Å². The summed E-state index contributed by atoms with van der Waals surface area (Å²) in [5.41, 5.74) is 1.56. The smallest absolute Gasteiger partial charge is 0.305 e. The van der Waals surface area contributed by atoms with E-state index in [0.29, 0.717) is 24.2 Å². The first kappa shape index (κ1) is 25.9. The van der Waals surface area contributed by atoms with Crippen molar-refractivity contribution in [3.63, 3.8) is 0 Å². The van der Waals surface area contributed by atoms with E-state index in [4.69, 9.17) is 18.6 Å². The molecule has 0 aromatic rings. The summed E-state index contributed by atoms with van der Waals surface area (Å²) in [7, 11) is -0.339. The summed E-state index contributed by atoms with van der Waals surface area (Å²) in [6, 6.07) is 0. The van der Waals surface area contributed by atoms with Crippen molar-refractivity contribution in [1.82, 2.24) is 0 Å². The summed E-state index contributed by atoms with van der Waals surface area (Å²) < 4.78 is 24.0. The number of carbonyl (C=O) groups is 1. The molecule has 2 fully saturated rings. The molecule has 0 aromatic carbocycles. The van der Waals surface area contributed by atoms with Crippen molar-refractivity contribution in [2.24, 2.45) is 17.8 Å². The SMILES string of the molecule is COC(=O)CCCCC1=CC2CC(OC3CCCCO3)C(CO[Si](C)(C)C(C)(C)C)C2C1. The van der Waals surface area contributed by atoms with Gasteiger partial charge in [-0.05, 0) is 81.3 Å². The van der Waals surface area contributed by atoms with Gasteiger partial charge in [-0.3, -0.25) is 4.79 Å². The molecule has 32 heavy (non-hydrogen) atoms. The monoisotopic (exact) mass is 466 g/mol. The maximum atomic E-state index is 11.4. The fraction of sp³-hybridized carbons (Fsp3) is 0.885. The lowest BCUT2D eigenvalue weighted by Crippen LogP contribution is -2.44. The molecule has 5 unspecified atom stereocenters. The van der Waals surface area contributed by atoms with E-state index in [2.05, 4.69) is 39.9 Å². The minimum absolute atomic E-state index is 0.0373. The van der Waals surface area contributed by atoms with Gasteiger partial charge in [-0.25, -0.2) is 0 Å². The first-order chi connectivity index (χ1) is 15.1. The van der Waals surface area contributed by atoms with Gasteiger partial charge in [-0.2, -0.15) is 0 Å². The summed E-state index contributed by atoms with van der Waals surface area (Å²) in [4.78, 5) is 11.4. The predicted octanol–water partition coefficient (Wildman–Crippen LogP) is 6.24. The van der Waals surface area contributed by atoms with E-state index in [9.17, 15) is 4.79 Å². The molecular formula is C26H46O5Si. The Morgan fingerprint density at radius 3 is 2.66 bits per heavy atom. The summed E-state index contributed by atoms with van der Waals surface area (Å²) in [5, 5.41) is 0.215. The number of methoxy groups -OCH3 is 1. The molecule has 0 radical (unpaired) electrons. The van der Waals surface area contributed by atoms with Crippen molar-refractivity contribution < 1.29 is 23.4 Å². The molecule has 184 valence electrons. The summed E-state index contributed by atoms with van der Waals surface area (Å²) in [6.45, 7) is 13.3. The molecule has 5 atom stereocenters. The third kappa shape index (κ3) is 6.68. The molecule has 1 saturated heterocycles. The van der Waals surface area contributed by atoms with Crippen LogP contribution in [0.1, 0.15) is 78.6 Å². The fourth-order valence-electron chi connectivity index (χ4n) is 5.21. The highest BCUT2D eigenvalue weighted by molar-refractivity contribution is 6.74. The molecule has 2 aliphatic carbocycles. The van der Waals surface area contributed by atoms with E-state index < -0.39 is 8.32 Å². The molecule has 1 aliphatic heterocycles. The Labute approximate surface area is 196 Å². The maximum Gasteiger partial charge on any atom is 0.305 e. The molecule has 0 aromatic heterocycles. The molecule has 1 heterocycles. The molecule has 6 heteroatoms. The molecule has 1 saturated carbocycles. The number of fused-ring (bicyclic) bond motifs is 1. The molecule has 3 aliphatic rings. The van der Waals surface area contributed by atoms with Crippen molar-refractivity contribution in [2.45, 2.75) is 109 Å². The molecule has 0 N–H and O–H groups in total. The van der Waals surface area contributed by atoms with Gasteiger partial charge in [0, 0.05) is 25.6 Å². The second kappa shape index (κ2) is 11.2. The van der Waals surface area contributed by atoms with E-state index in [0.717, 1.165) is 58.2 Å². The normalized spacial score (nSPS) is 30.8. The van der Waals surface area contributed by atoms with Crippen molar-refractivity contribution in [3.8, 4) is 0 Å². The van der Waals surface area contributed by atoms with Crippen LogP contribution in [0.2, 0.25) is 18.1 Å². The topological polar surface area (TPSA) is 54.0 Å². The van der Waals surface area contributed by atoms with Crippen LogP contribution in [0.15, 0.2) is 11.6 Å². The number of ether oxygens (including phenoxy) is 3. The number of hydrogen-bond acceptors (Lipinski definition) is 5. The number of rotatable bonds is 10. The third-order valence-corrected chi connectivity index (χ3v) is 12.8. The first-order valence-corrected chi connectivity index (χ1v) is 15.7. The van der Waals surface area contributed by atoms with Crippen LogP contribution in [0.3, 0.4) is 0 Å². The zero-order valence-electron chi connectivity index (χ0n) is 21.3. The zero-order valence-corrected chi connectivity index (χ0v) is 22.3. The Balaban J connectivity index is 1.60. The van der Waals surface area contributed by atoms with Crippen molar-refractivity contribution in [3.05, 3.63) is 11.6 Å². The van der Waals surface area contributed by atoms with Crippen LogP contribution < -0.4 is 0 Å². The van der Waals surface area contributed by atoms with Crippen LogP contribution in [-0.4, -0.2) is 47.0 Å². The molecule has 0 bridgehead atoms. The second-order valence-corrected chi connectivity index (χ2v) is 16.4. The fourth-order valence-corrected chi connectivity index (χ4v) is 6.25. The standard InChI is InChI=1S/C26H46O5Si/c1-26(2,3)32(5,6)30-18-22-21-16-19(11-7-8-12-24(27)28-4)15-20(21)17-23(22)31-25-13-9-10-14-29-25/h15,20-23,25H,7-14,16-18H2,1-6H3. The van der Waals surface area contributed by atoms with E-state index in [1.165, 1.54) is 13.5 Å². The Morgan fingerprint density at radius 1 is 1.22 bits per heavy atom. The summed E-state index contributed by atoms with van der Waals surface area (Å²) >= 11 is 0.